The van der Waals surface area contributed by atoms with Crippen LogP contribution >= 0.6 is 0 Å². The van der Waals surface area contributed by atoms with Gasteiger partial charge in [-0.25, -0.2) is 0 Å². The Kier molecular flexibility index (Phi) is 4.49. The summed E-state index contributed by atoms with van der Waals surface area (Å²) >= 11 is 0. The van der Waals surface area contributed by atoms with Crippen LogP contribution in [-0.4, -0.2) is 28.2 Å². The number of nitrogens with zero attached hydrogens (tertiary/aromatic N) is 1. The number of rotatable bonds is 3. The van der Waals surface area contributed by atoms with Gasteiger partial charge < -0.3 is 5.32 Å². The maximum Gasteiger partial charge on any atom is 0.0688 e. The third-order valence-electron chi connectivity index (χ3n) is 2.09. The van der Waals surface area contributed by atoms with Gasteiger partial charge in [0.2, 0.25) is 0 Å². The Morgan fingerprint density at radius 3 is 2.87 bits per heavy atom. The first-order valence-electron chi connectivity index (χ1n) is 4.78. The minimum Gasteiger partial charge on any atom is -0.388 e. The van der Waals surface area contributed by atoms with Gasteiger partial charge in [-0.3, -0.25) is 9.19 Å². The van der Waals surface area contributed by atoms with E-state index in [2.05, 4.69) is 10.3 Å². The molecule has 1 heterocycles. The summed E-state index contributed by atoms with van der Waals surface area (Å²) in [7, 11) is 1.06. The lowest BCUT2D eigenvalue weighted by Gasteiger charge is -2.00. The molecule has 0 radical (unpaired) electrons. The number of aromatic nitrogens is 1. The van der Waals surface area contributed by atoms with Crippen LogP contribution in [0, 0.1) is 0 Å². The first kappa shape index (κ1) is 11.9. The van der Waals surface area contributed by atoms with E-state index < -0.39 is 10.8 Å². The lowest BCUT2D eigenvalue weighted by atomic mass is 10.2. The van der Waals surface area contributed by atoms with E-state index in [1.54, 1.807) is 12.5 Å². The van der Waals surface area contributed by atoms with Gasteiger partial charge in [-0.2, -0.15) is 0 Å². The molecule has 0 saturated heterocycles. The van der Waals surface area contributed by atoms with Gasteiger partial charge in [-0.05, 0) is 19.1 Å². The van der Waals surface area contributed by atoms with Crippen molar-refractivity contribution < 1.29 is 4.21 Å². The molecule has 0 saturated carbocycles. The molecule has 1 aromatic heterocycles. The number of pyridine rings is 1. The van der Waals surface area contributed by atoms with Crippen LogP contribution in [0.5, 0.6) is 0 Å². The molecule has 1 atom stereocenters. The van der Waals surface area contributed by atoms with Gasteiger partial charge in [0, 0.05) is 47.0 Å². The molecule has 15 heavy (non-hydrogen) atoms. The maximum atomic E-state index is 11.0. The average molecular weight is 224 g/mol. The van der Waals surface area contributed by atoms with Crippen LogP contribution in [0.3, 0.4) is 0 Å². The Bertz CT molecular complexity index is 468. The highest BCUT2D eigenvalue weighted by molar-refractivity contribution is 7.84. The van der Waals surface area contributed by atoms with Crippen molar-refractivity contribution >= 4 is 28.6 Å². The molecule has 1 rings (SSSR count). The molecule has 0 aromatic carbocycles. The number of hydrogen-bond donors (Lipinski definition) is 1. The van der Waals surface area contributed by atoms with Crippen LogP contribution in [0.4, 0.5) is 5.69 Å². The van der Waals surface area contributed by atoms with Crippen molar-refractivity contribution in [2.24, 2.45) is 0 Å². The van der Waals surface area contributed by atoms with Gasteiger partial charge in [0.25, 0.3) is 0 Å². The molecular weight excluding hydrogens is 208 g/mol. The van der Waals surface area contributed by atoms with Gasteiger partial charge in [-0.15, -0.1) is 0 Å². The molecule has 0 bridgehead atoms. The van der Waals surface area contributed by atoms with Crippen LogP contribution < -0.4 is 15.9 Å². The van der Waals surface area contributed by atoms with E-state index in [0.717, 1.165) is 16.3 Å². The first-order chi connectivity index (χ1) is 7.19. The average Bonchev–Trinajstić information content (AvgIpc) is 2.25. The monoisotopic (exact) mass is 224 g/mol. The minimum absolute atomic E-state index is 0.543. The van der Waals surface area contributed by atoms with Crippen molar-refractivity contribution in [1.29, 1.82) is 0 Å². The van der Waals surface area contributed by atoms with Gasteiger partial charge in [-0.1, -0.05) is 6.08 Å². The van der Waals surface area contributed by atoms with Crippen molar-refractivity contribution in [3.05, 3.63) is 22.8 Å². The van der Waals surface area contributed by atoms with Gasteiger partial charge >= 0.3 is 0 Å². The van der Waals surface area contributed by atoms with Gasteiger partial charge in [0.15, 0.2) is 0 Å². The van der Waals surface area contributed by atoms with E-state index in [-0.39, 0.29) is 0 Å². The molecule has 0 aliphatic heterocycles. The third kappa shape index (κ3) is 3.16. The van der Waals surface area contributed by atoms with Crippen LogP contribution in [0.15, 0.2) is 12.3 Å². The van der Waals surface area contributed by atoms with E-state index >= 15 is 0 Å². The smallest absolute Gasteiger partial charge is 0.0688 e. The summed E-state index contributed by atoms with van der Waals surface area (Å²) in [4.78, 5) is 4.27. The fourth-order valence-electron chi connectivity index (χ4n) is 1.37. The largest absolute Gasteiger partial charge is 0.388 e. The highest BCUT2D eigenvalue weighted by Gasteiger charge is 1.94. The molecule has 0 fully saturated rings. The summed E-state index contributed by atoms with van der Waals surface area (Å²) in [5.74, 6) is 0.543. The maximum absolute atomic E-state index is 11.0. The number of nitrogens with one attached hydrogen (secondary N) is 1. The van der Waals surface area contributed by atoms with E-state index in [1.165, 1.54) is 0 Å². The van der Waals surface area contributed by atoms with Crippen molar-refractivity contribution in [2.45, 2.75) is 6.92 Å². The second-order valence-corrected chi connectivity index (χ2v) is 4.62. The molecule has 1 N–H and O–H groups in total. The summed E-state index contributed by atoms with van der Waals surface area (Å²) < 4.78 is 11.0. The predicted octanol–water partition coefficient (Wildman–Crippen LogP) is 0.0827. The molecule has 0 amide bonds. The summed E-state index contributed by atoms with van der Waals surface area (Å²) in [5, 5.41) is 5.06. The van der Waals surface area contributed by atoms with E-state index in [4.69, 9.17) is 0 Å². The van der Waals surface area contributed by atoms with Crippen molar-refractivity contribution in [3.8, 4) is 0 Å². The van der Waals surface area contributed by atoms with Crippen LogP contribution in [-0.2, 0) is 10.8 Å². The highest BCUT2D eigenvalue weighted by Crippen LogP contribution is 1.91. The zero-order valence-corrected chi connectivity index (χ0v) is 10.1. The van der Waals surface area contributed by atoms with Crippen LogP contribution in [0.25, 0.3) is 12.2 Å². The molecule has 4 heteroatoms. The third-order valence-corrected chi connectivity index (χ3v) is 2.73. The Hall–Kier alpha value is -1.16. The molecule has 0 aliphatic rings. The summed E-state index contributed by atoms with van der Waals surface area (Å²) in [5.41, 5.74) is 1.04. The molecule has 0 spiro atoms. The highest BCUT2D eigenvalue weighted by atomic mass is 32.2. The topological polar surface area (TPSA) is 42.0 Å². The van der Waals surface area contributed by atoms with Crippen LogP contribution in [0.1, 0.15) is 6.92 Å². The molecule has 82 valence electrons. The lowest BCUT2D eigenvalue weighted by molar-refractivity contribution is 0.689. The molecule has 1 aromatic rings. The van der Waals surface area contributed by atoms with E-state index in [9.17, 15) is 4.21 Å². The Morgan fingerprint density at radius 1 is 1.60 bits per heavy atom. The second-order valence-electron chi connectivity index (χ2n) is 3.14. The fraction of sp³-hybridized carbons (Fsp3) is 0.364. The van der Waals surface area contributed by atoms with Gasteiger partial charge in [0.1, 0.15) is 0 Å². The predicted molar refractivity (Wildman–Crippen MR) is 66.6 cm³/mol. The molecule has 0 aliphatic carbocycles. The van der Waals surface area contributed by atoms with Gasteiger partial charge in [0.05, 0.1) is 5.35 Å². The van der Waals surface area contributed by atoms with Crippen molar-refractivity contribution in [2.75, 3.05) is 24.4 Å². The summed E-state index contributed by atoms with van der Waals surface area (Å²) in [6.45, 7) is 1.97. The standard InChI is InChI=1S/C11H16N2OS/c1-4-9-10(12-2)5-7-13-11(9)6-8-15(3)14/h4-7,12H,8H2,1-3H3/b9-4-,11-6+. The fourth-order valence-corrected chi connectivity index (χ4v) is 1.76. The second kappa shape index (κ2) is 5.66. The van der Waals surface area contributed by atoms with E-state index in [0.29, 0.717) is 5.75 Å². The molecule has 3 nitrogen and oxygen atoms in total. The first-order valence-corrected chi connectivity index (χ1v) is 6.51. The number of hydrogen-bond acceptors (Lipinski definition) is 3. The Balaban J connectivity index is 3.30. The Morgan fingerprint density at radius 2 is 2.33 bits per heavy atom. The molecular formula is C11H16N2OS. The SMILES string of the molecule is C/C=c1/c(NC)ccn/c1=C/CS(C)=O. The van der Waals surface area contributed by atoms with Crippen molar-refractivity contribution in [1.82, 2.24) is 4.98 Å². The lowest BCUT2D eigenvalue weighted by Crippen LogP contribution is -2.30. The normalized spacial score (nSPS) is 15.4. The Labute approximate surface area is 92.4 Å². The van der Waals surface area contributed by atoms with Crippen molar-refractivity contribution in [3.63, 3.8) is 0 Å². The summed E-state index contributed by atoms with van der Waals surface area (Å²) in [6.07, 6.45) is 7.35. The quantitative estimate of drug-likeness (QED) is 0.791. The zero-order chi connectivity index (χ0) is 11.3. The number of anilines is 1. The van der Waals surface area contributed by atoms with Crippen LogP contribution in [0.2, 0.25) is 0 Å². The summed E-state index contributed by atoms with van der Waals surface area (Å²) in [6, 6.07) is 1.93. The molecule has 1 unspecified atom stereocenters. The zero-order valence-electron chi connectivity index (χ0n) is 9.28. The van der Waals surface area contributed by atoms with E-state index in [1.807, 2.05) is 32.2 Å². The minimum atomic E-state index is -0.815.